The van der Waals surface area contributed by atoms with E-state index in [9.17, 15) is 0 Å². The number of nitrogens with one attached hydrogen (secondary N) is 1. The van der Waals surface area contributed by atoms with Crippen LogP contribution >= 0.6 is 11.8 Å². The van der Waals surface area contributed by atoms with E-state index in [4.69, 9.17) is 4.74 Å². The lowest BCUT2D eigenvalue weighted by Crippen LogP contribution is -2.48. The predicted molar refractivity (Wildman–Crippen MR) is 75.7 cm³/mol. The first-order chi connectivity index (χ1) is 8.28. The van der Waals surface area contributed by atoms with E-state index < -0.39 is 0 Å². The van der Waals surface area contributed by atoms with E-state index in [0.29, 0.717) is 6.04 Å². The van der Waals surface area contributed by atoms with E-state index in [2.05, 4.69) is 30.9 Å². The summed E-state index contributed by atoms with van der Waals surface area (Å²) in [6, 6.07) is 0.697. The third-order valence-corrected chi connectivity index (χ3v) is 5.63. The molecule has 2 heterocycles. The van der Waals surface area contributed by atoms with E-state index in [1.807, 2.05) is 0 Å². The van der Waals surface area contributed by atoms with Crippen LogP contribution in [0, 0.1) is 5.92 Å². The van der Waals surface area contributed by atoms with E-state index in [1.165, 1.54) is 50.2 Å². The highest BCUT2D eigenvalue weighted by molar-refractivity contribution is 7.99. The van der Waals surface area contributed by atoms with Gasteiger partial charge in [-0.1, -0.05) is 26.7 Å². The standard InChI is InChI=1S/C14H27NOS/c1-3-12(4-2)10-15-13-5-7-16-14(9-13)6-8-17-11-14/h12-13,15H,3-11H2,1-2H3/t13-,14+/m1/s1. The molecule has 2 aliphatic heterocycles. The van der Waals surface area contributed by atoms with Crippen LogP contribution in [0.3, 0.4) is 0 Å². The van der Waals surface area contributed by atoms with Crippen molar-refractivity contribution < 1.29 is 4.74 Å². The SMILES string of the molecule is CCC(CC)CN[C@@H]1CCO[C@@]2(CCSC2)C1. The highest BCUT2D eigenvalue weighted by Crippen LogP contribution is 2.38. The Morgan fingerprint density at radius 2 is 2.24 bits per heavy atom. The van der Waals surface area contributed by atoms with Crippen LogP contribution in [0.15, 0.2) is 0 Å². The van der Waals surface area contributed by atoms with Gasteiger partial charge in [-0.2, -0.15) is 11.8 Å². The van der Waals surface area contributed by atoms with Crippen molar-refractivity contribution in [2.24, 2.45) is 5.92 Å². The van der Waals surface area contributed by atoms with Crippen LogP contribution in [-0.2, 0) is 4.74 Å². The van der Waals surface area contributed by atoms with Crippen molar-refractivity contribution in [1.29, 1.82) is 0 Å². The Kier molecular flexibility index (Phi) is 5.19. The zero-order chi connectivity index (χ0) is 12.1. The Morgan fingerprint density at radius 3 is 2.88 bits per heavy atom. The molecule has 1 N–H and O–H groups in total. The topological polar surface area (TPSA) is 21.3 Å². The molecule has 0 unspecified atom stereocenters. The largest absolute Gasteiger partial charge is 0.374 e. The van der Waals surface area contributed by atoms with Gasteiger partial charge in [0.15, 0.2) is 0 Å². The molecule has 0 aromatic rings. The number of rotatable bonds is 5. The molecule has 3 heteroatoms. The van der Waals surface area contributed by atoms with Crippen LogP contribution in [0.2, 0.25) is 0 Å². The van der Waals surface area contributed by atoms with Crippen LogP contribution in [0.4, 0.5) is 0 Å². The molecule has 0 aromatic carbocycles. The second kappa shape index (κ2) is 6.44. The summed E-state index contributed by atoms with van der Waals surface area (Å²) in [6.07, 6.45) is 6.30. The molecule has 2 fully saturated rings. The first-order valence-electron chi connectivity index (χ1n) is 7.23. The lowest BCUT2D eigenvalue weighted by molar-refractivity contribution is -0.0704. The summed E-state index contributed by atoms with van der Waals surface area (Å²) in [5.74, 6) is 3.36. The molecule has 100 valence electrons. The third kappa shape index (κ3) is 3.62. The molecule has 0 amide bonds. The van der Waals surface area contributed by atoms with Gasteiger partial charge in [0.05, 0.1) is 5.60 Å². The average molecular weight is 257 g/mol. The summed E-state index contributed by atoms with van der Waals surface area (Å²) >= 11 is 2.06. The second-order valence-electron chi connectivity index (χ2n) is 5.61. The molecule has 0 saturated carbocycles. The maximum Gasteiger partial charge on any atom is 0.0795 e. The van der Waals surface area contributed by atoms with E-state index in [0.717, 1.165) is 12.5 Å². The zero-order valence-electron chi connectivity index (χ0n) is 11.3. The third-order valence-electron chi connectivity index (χ3n) is 4.41. The fraction of sp³-hybridized carbons (Fsp3) is 1.00. The highest BCUT2D eigenvalue weighted by atomic mass is 32.2. The fourth-order valence-electron chi connectivity index (χ4n) is 2.98. The maximum absolute atomic E-state index is 6.06. The summed E-state index contributed by atoms with van der Waals surface area (Å²) in [4.78, 5) is 0. The van der Waals surface area contributed by atoms with Crippen molar-refractivity contribution in [2.45, 2.75) is 57.6 Å². The summed E-state index contributed by atoms with van der Waals surface area (Å²) in [5, 5.41) is 3.79. The van der Waals surface area contributed by atoms with Crippen molar-refractivity contribution in [3.8, 4) is 0 Å². The van der Waals surface area contributed by atoms with Crippen LogP contribution in [0.1, 0.15) is 46.0 Å². The van der Waals surface area contributed by atoms with Gasteiger partial charge in [0, 0.05) is 18.4 Å². The molecular weight excluding hydrogens is 230 g/mol. The molecule has 0 aliphatic carbocycles. The van der Waals surface area contributed by atoms with Crippen LogP contribution in [-0.4, -0.2) is 36.3 Å². The van der Waals surface area contributed by atoms with Crippen molar-refractivity contribution in [3.63, 3.8) is 0 Å². The summed E-state index contributed by atoms with van der Waals surface area (Å²) in [7, 11) is 0. The number of hydrogen-bond donors (Lipinski definition) is 1. The molecule has 2 saturated heterocycles. The molecule has 2 rings (SSSR count). The fourth-order valence-corrected chi connectivity index (χ4v) is 4.35. The summed E-state index contributed by atoms with van der Waals surface area (Å²) < 4.78 is 6.06. The lowest BCUT2D eigenvalue weighted by atomic mass is 9.89. The molecule has 1 spiro atoms. The molecular formula is C14H27NOS. The highest BCUT2D eigenvalue weighted by Gasteiger charge is 2.40. The smallest absolute Gasteiger partial charge is 0.0795 e. The van der Waals surface area contributed by atoms with Crippen molar-refractivity contribution in [1.82, 2.24) is 5.32 Å². The monoisotopic (exact) mass is 257 g/mol. The van der Waals surface area contributed by atoms with Crippen molar-refractivity contribution in [2.75, 3.05) is 24.7 Å². The van der Waals surface area contributed by atoms with Gasteiger partial charge in [-0.25, -0.2) is 0 Å². The quantitative estimate of drug-likeness (QED) is 0.818. The molecule has 0 aromatic heterocycles. The average Bonchev–Trinajstić information content (AvgIpc) is 2.79. The lowest BCUT2D eigenvalue weighted by Gasteiger charge is -2.38. The molecule has 2 aliphatic rings. The first kappa shape index (κ1) is 13.7. The molecule has 2 atom stereocenters. The van der Waals surface area contributed by atoms with Gasteiger partial charge < -0.3 is 10.1 Å². The number of ether oxygens (including phenoxy) is 1. The van der Waals surface area contributed by atoms with E-state index >= 15 is 0 Å². The second-order valence-corrected chi connectivity index (χ2v) is 6.72. The summed E-state index contributed by atoms with van der Waals surface area (Å²) in [5.41, 5.74) is 0.231. The van der Waals surface area contributed by atoms with Gasteiger partial charge in [0.1, 0.15) is 0 Å². The van der Waals surface area contributed by atoms with Gasteiger partial charge in [-0.05, 0) is 37.5 Å². The maximum atomic E-state index is 6.06. The van der Waals surface area contributed by atoms with Gasteiger partial charge in [-0.15, -0.1) is 0 Å². The Morgan fingerprint density at radius 1 is 1.41 bits per heavy atom. The number of thioether (sulfide) groups is 1. The van der Waals surface area contributed by atoms with Gasteiger partial charge in [0.25, 0.3) is 0 Å². The van der Waals surface area contributed by atoms with Crippen molar-refractivity contribution >= 4 is 11.8 Å². The van der Waals surface area contributed by atoms with Crippen LogP contribution < -0.4 is 5.32 Å². The first-order valence-corrected chi connectivity index (χ1v) is 8.38. The molecule has 0 bridgehead atoms. The Balaban J connectivity index is 1.77. The molecule has 0 radical (unpaired) electrons. The van der Waals surface area contributed by atoms with E-state index in [-0.39, 0.29) is 5.60 Å². The normalized spacial score (nSPS) is 33.7. The van der Waals surface area contributed by atoms with Crippen molar-refractivity contribution in [3.05, 3.63) is 0 Å². The Hall–Kier alpha value is 0.270. The van der Waals surface area contributed by atoms with E-state index in [1.54, 1.807) is 0 Å². The minimum atomic E-state index is 0.231. The minimum Gasteiger partial charge on any atom is -0.374 e. The molecule has 17 heavy (non-hydrogen) atoms. The van der Waals surface area contributed by atoms with Crippen LogP contribution in [0.5, 0.6) is 0 Å². The van der Waals surface area contributed by atoms with Crippen LogP contribution in [0.25, 0.3) is 0 Å². The van der Waals surface area contributed by atoms with Gasteiger partial charge in [-0.3, -0.25) is 0 Å². The van der Waals surface area contributed by atoms with Gasteiger partial charge >= 0.3 is 0 Å². The Bertz CT molecular complexity index is 224. The van der Waals surface area contributed by atoms with Gasteiger partial charge in [0.2, 0.25) is 0 Å². The minimum absolute atomic E-state index is 0.231. The summed E-state index contributed by atoms with van der Waals surface area (Å²) in [6.45, 7) is 6.76. The zero-order valence-corrected chi connectivity index (χ0v) is 12.2. The number of hydrogen-bond acceptors (Lipinski definition) is 3. The molecule has 2 nitrogen and oxygen atoms in total. The Labute approximate surface area is 110 Å². The predicted octanol–water partition coefficient (Wildman–Crippen LogP) is 3.07.